The van der Waals surface area contributed by atoms with Crippen LogP contribution in [0.1, 0.15) is 47.8 Å². The van der Waals surface area contributed by atoms with Gasteiger partial charge in [0.25, 0.3) is 0 Å². The van der Waals surface area contributed by atoms with Crippen molar-refractivity contribution < 1.29 is 19.0 Å². The van der Waals surface area contributed by atoms with Gasteiger partial charge in [-0.15, -0.1) is 0 Å². The van der Waals surface area contributed by atoms with Crippen LogP contribution < -0.4 is 20.1 Å². The van der Waals surface area contributed by atoms with Crippen molar-refractivity contribution in [1.82, 2.24) is 5.32 Å². The Bertz CT molecular complexity index is 942. The van der Waals surface area contributed by atoms with Crippen molar-refractivity contribution >= 4 is 29.0 Å². The molecule has 0 saturated carbocycles. The van der Waals surface area contributed by atoms with Crippen molar-refractivity contribution in [2.45, 2.75) is 38.8 Å². The molecule has 29 heavy (non-hydrogen) atoms. The Kier molecular flexibility index (Phi) is 5.98. The maximum atomic E-state index is 11.8. The predicted octanol–water partition coefficient (Wildman–Crippen LogP) is 4.38. The number of carbonyl (C=O) groups excluding carboxylic acids is 1. The van der Waals surface area contributed by atoms with Crippen LogP contribution in [0.4, 0.5) is 5.69 Å². The quantitative estimate of drug-likeness (QED) is 0.568. The number of benzene rings is 2. The molecular formula is C22H26N2O4S. The second-order valence-corrected chi connectivity index (χ2v) is 8.05. The molecule has 0 aliphatic carbocycles. The minimum absolute atomic E-state index is 0.0482. The summed E-state index contributed by atoms with van der Waals surface area (Å²) in [7, 11) is 3.00. The number of rotatable bonds is 4. The normalized spacial score (nSPS) is 16.8. The Labute approximate surface area is 176 Å². The standard InChI is InChI=1S/C22H26N2O4S/c1-13-6-7-14(20(25)27-5)10-17(13)23-21(29)24-18-12-22(2,3)28-19-9-8-15(26-4)11-16(18)19/h6-11,18H,12H2,1-5H3,(H2,23,24,29)/t18-/m1/s1. The fourth-order valence-electron chi connectivity index (χ4n) is 3.41. The zero-order chi connectivity index (χ0) is 21.2. The van der Waals surface area contributed by atoms with Gasteiger partial charge in [-0.3, -0.25) is 0 Å². The lowest BCUT2D eigenvalue weighted by molar-refractivity contribution is 0.0600. The molecule has 1 atom stereocenters. The van der Waals surface area contributed by atoms with E-state index in [4.69, 9.17) is 26.4 Å². The lowest BCUT2D eigenvalue weighted by atomic mass is 9.89. The van der Waals surface area contributed by atoms with E-state index in [1.807, 2.05) is 31.2 Å². The number of thiocarbonyl (C=S) groups is 1. The van der Waals surface area contributed by atoms with Crippen molar-refractivity contribution in [3.05, 3.63) is 53.1 Å². The molecule has 0 spiro atoms. The molecule has 154 valence electrons. The second kappa shape index (κ2) is 8.29. The molecule has 1 heterocycles. The summed E-state index contributed by atoms with van der Waals surface area (Å²) in [6.07, 6.45) is 0.732. The highest BCUT2D eigenvalue weighted by Gasteiger charge is 2.34. The van der Waals surface area contributed by atoms with E-state index in [1.54, 1.807) is 19.2 Å². The summed E-state index contributed by atoms with van der Waals surface area (Å²) in [6, 6.07) is 11.0. The molecule has 2 aromatic carbocycles. The van der Waals surface area contributed by atoms with Gasteiger partial charge in [-0.2, -0.15) is 0 Å². The van der Waals surface area contributed by atoms with Gasteiger partial charge < -0.3 is 24.8 Å². The molecule has 2 aromatic rings. The highest BCUT2D eigenvalue weighted by molar-refractivity contribution is 7.80. The molecule has 0 bridgehead atoms. The molecule has 1 aliphatic heterocycles. The molecule has 1 aliphatic rings. The average molecular weight is 415 g/mol. The number of ether oxygens (including phenoxy) is 3. The maximum absolute atomic E-state index is 11.8. The van der Waals surface area contributed by atoms with Gasteiger partial charge in [-0.05, 0) is 68.9 Å². The summed E-state index contributed by atoms with van der Waals surface area (Å²) in [5.74, 6) is 1.18. The largest absolute Gasteiger partial charge is 0.497 e. The molecule has 0 aromatic heterocycles. The summed E-state index contributed by atoms with van der Waals surface area (Å²) in [5.41, 5.74) is 2.84. The molecule has 0 fully saturated rings. The first kappa shape index (κ1) is 20.9. The monoisotopic (exact) mass is 414 g/mol. The number of hydrogen-bond acceptors (Lipinski definition) is 5. The summed E-state index contributed by atoms with van der Waals surface area (Å²) in [5, 5.41) is 7.06. The van der Waals surface area contributed by atoms with E-state index in [9.17, 15) is 4.79 Å². The maximum Gasteiger partial charge on any atom is 0.337 e. The van der Waals surface area contributed by atoms with E-state index in [-0.39, 0.29) is 17.6 Å². The third kappa shape index (κ3) is 4.79. The van der Waals surface area contributed by atoms with Crippen molar-refractivity contribution in [1.29, 1.82) is 0 Å². The Morgan fingerprint density at radius 1 is 1.21 bits per heavy atom. The summed E-state index contributed by atoms with van der Waals surface area (Å²) in [4.78, 5) is 11.8. The van der Waals surface area contributed by atoms with Gasteiger partial charge in [-0.1, -0.05) is 6.07 Å². The highest BCUT2D eigenvalue weighted by atomic mass is 32.1. The Balaban J connectivity index is 1.81. The van der Waals surface area contributed by atoms with Crippen LogP contribution in [-0.4, -0.2) is 30.9 Å². The number of aryl methyl sites for hydroxylation is 1. The van der Waals surface area contributed by atoms with Crippen LogP contribution in [0.15, 0.2) is 36.4 Å². The molecule has 0 saturated heterocycles. The topological polar surface area (TPSA) is 68.8 Å². The second-order valence-electron chi connectivity index (χ2n) is 7.64. The number of anilines is 1. The van der Waals surface area contributed by atoms with Crippen LogP contribution in [0.3, 0.4) is 0 Å². The van der Waals surface area contributed by atoms with Gasteiger partial charge in [0, 0.05) is 17.7 Å². The predicted molar refractivity (Wildman–Crippen MR) is 117 cm³/mol. The van der Waals surface area contributed by atoms with Gasteiger partial charge in [-0.25, -0.2) is 4.79 Å². The van der Waals surface area contributed by atoms with Crippen molar-refractivity contribution in [3.8, 4) is 11.5 Å². The van der Waals surface area contributed by atoms with Crippen molar-refractivity contribution in [2.24, 2.45) is 0 Å². The Hall–Kier alpha value is -2.80. The molecule has 2 N–H and O–H groups in total. The summed E-state index contributed by atoms with van der Waals surface area (Å²) < 4.78 is 16.3. The van der Waals surface area contributed by atoms with Gasteiger partial charge in [0.2, 0.25) is 0 Å². The Morgan fingerprint density at radius 3 is 2.66 bits per heavy atom. The number of carbonyl (C=O) groups is 1. The van der Waals surface area contributed by atoms with Crippen molar-refractivity contribution in [2.75, 3.05) is 19.5 Å². The molecule has 0 unspecified atom stereocenters. The lowest BCUT2D eigenvalue weighted by Gasteiger charge is -2.38. The Morgan fingerprint density at radius 2 is 1.97 bits per heavy atom. The minimum Gasteiger partial charge on any atom is -0.497 e. The fraction of sp³-hybridized carbons (Fsp3) is 0.364. The van der Waals surface area contributed by atoms with Crippen LogP contribution >= 0.6 is 12.2 Å². The van der Waals surface area contributed by atoms with Crippen LogP contribution in [0.25, 0.3) is 0 Å². The van der Waals surface area contributed by atoms with E-state index in [0.29, 0.717) is 10.7 Å². The molecule has 7 heteroatoms. The first-order valence-electron chi connectivity index (χ1n) is 9.36. The fourth-order valence-corrected chi connectivity index (χ4v) is 3.66. The lowest BCUT2D eigenvalue weighted by Crippen LogP contribution is -2.42. The molecule has 6 nitrogen and oxygen atoms in total. The SMILES string of the molecule is COC(=O)c1ccc(C)c(NC(=S)N[C@@H]2CC(C)(C)Oc3ccc(OC)cc32)c1. The van der Waals surface area contributed by atoms with E-state index >= 15 is 0 Å². The van der Waals surface area contributed by atoms with Gasteiger partial charge in [0.15, 0.2) is 5.11 Å². The van der Waals surface area contributed by atoms with Crippen LogP contribution in [0.2, 0.25) is 0 Å². The van der Waals surface area contributed by atoms with Crippen LogP contribution in [0.5, 0.6) is 11.5 Å². The minimum atomic E-state index is -0.390. The van der Waals surface area contributed by atoms with Crippen LogP contribution in [0, 0.1) is 6.92 Å². The number of nitrogens with one attached hydrogen (secondary N) is 2. The van der Waals surface area contributed by atoms with Crippen molar-refractivity contribution in [3.63, 3.8) is 0 Å². The summed E-state index contributed by atoms with van der Waals surface area (Å²) >= 11 is 5.57. The summed E-state index contributed by atoms with van der Waals surface area (Å²) in [6.45, 7) is 6.05. The van der Waals surface area contributed by atoms with E-state index < -0.39 is 0 Å². The van der Waals surface area contributed by atoms with Crippen LogP contribution in [-0.2, 0) is 4.74 Å². The molecule has 0 amide bonds. The van der Waals surface area contributed by atoms with Gasteiger partial charge in [0.1, 0.15) is 17.1 Å². The molecular weight excluding hydrogens is 388 g/mol. The third-order valence-electron chi connectivity index (χ3n) is 4.89. The molecule has 3 rings (SSSR count). The number of esters is 1. The zero-order valence-electron chi connectivity index (χ0n) is 17.3. The van der Waals surface area contributed by atoms with E-state index in [2.05, 4.69) is 24.5 Å². The third-order valence-corrected chi connectivity index (χ3v) is 5.11. The highest BCUT2D eigenvalue weighted by Crippen LogP contribution is 2.41. The van der Waals surface area contributed by atoms with Gasteiger partial charge >= 0.3 is 5.97 Å². The zero-order valence-corrected chi connectivity index (χ0v) is 18.1. The first-order chi connectivity index (χ1) is 13.7. The number of hydrogen-bond donors (Lipinski definition) is 2. The number of fused-ring (bicyclic) bond motifs is 1. The van der Waals surface area contributed by atoms with E-state index in [1.165, 1.54) is 7.11 Å². The van der Waals surface area contributed by atoms with E-state index in [0.717, 1.165) is 34.7 Å². The number of methoxy groups -OCH3 is 2. The first-order valence-corrected chi connectivity index (χ1v) is 9.76. The van der Waals surface area contributed by atoms with Gasteiger partial charge in [0.05, 0.1) is 25.8 Å². The smallest absolute Gasteiger partial charge is 0.337 e. The average Bonchev–Trinajstić information content (AvgIpc) is 2.68. The molecule has 0 radical (unpaired) electrons.